The van der Waals surface area contributed by atoms with Crippen molar-refractivity contribution >= 4 is 17.9 Å². The monoisotopic (exact) mass is 965 g/mol. The molecule has 0 amide bonds. The van der Waals surface area contributed by atoms with Gasteiger partial charge in [0.25, 0.3) is 0 Å². The fraction of sp³-hybridized carbons (Fsp3) is 0.794. The van der Waals surface area contributed by atoms with E-state index < -0.39 is 6.10 Å². The molecule has 0 N–H and O–H groups in total. The Hall–Kier alpha value is -2.89. The third-order valence-corrected chi connectivity index (χ3v) is 13.0. The van der Waals surface area contributed by atoms with Gasteiger partial charge in [-0.3, -0.25) is 14.4 Å². The van der Waals surface area contributed by atoms with Crippen molar-refractivity contribution in [2.24, 2.45) is 0 Å². The minimum absolute atomic E-state index is 0.0709. The molecule has 0 aliphatic heterocycles. The molecule has 0 fully saturated rings. The van der Waals surface area contributed by atoms with Gasteiger partial charge < -0.3 is 14.2 Å². The van der Waals surface area contributed by atoms with Crippen LogP contribution in [0.3, 0.4) is 0 Å². The van der Waals surface area contributed by atoms with Crippen LogP contribution in [-0.2, 0) is 28.6 Å². The van der Waals surface area contributed by atoms with Crippen LogP contribution in [0.1, 0.15) is 303 Å². The van der Waals surface area contributed by atoms with Crippen LogP contribution in [0, 0.1) is 0 Å². The molecule has 0 heterocycles. The van der Waals surface area contributed by atoms with Gasteiger partial charge in [0.05, 0.1) is 0 Å². The zero-order valence-corrected chi connectivity index (χ0v) is 45.8. The molecule has 0 rings (SSSR count). The topological polar surface area (TPSA) is 78.9 Å². The quantitative estimate of drug-likeness (QED) is 0.0262. The minimum atomic E-state index is -0.767. The van der Waals surface area contributed by atoms with E-state index in [0.29, 0.717) is 19.3 Å². The second-order valence-electron chi connectivity index (χ2n) is 19.9. The lowest BCUT2D eigenvalue weighted by Gasteiger charge is -2.18. The first-order valence-electron chi connectivity index (χ1n) is 29.8. The molecular formula is C63H112O6. The van der Waals surface area contributed by atoms with Crippen molar-refractivity contribution < 1.29 is 28.6 Å². The van der Waals surface area contributed by atoms with E-state index in [4.69, 9.17) is 14.2 Å². The van der Waals surface area contributed by atoms with Gasteiger partial charge in [-0.2, -0.15) is 0 Å². The Balaban J connectivity index is 4.01. The van der Waals surface area contributed by atoms with Gasteiger partial charge in [0.1, 0.15) is 13.2 Å². The molecule has 0 spiro atoms. The van der Waals surface area contributed by atoms with Crippen molar-refractivity contribution in [3.8, 4) is 0 Å². The summed E-state index contributed by atoms with van der Waals surface area (Å²) < 4.78 is 16.7. The molecule has 0 aromatic carbocycles. The van der Waals surface area contributed by atoms with E-state index in [9.17, 15) is 14.4 Å². The molecule has 0 radical (unpaired) electrons. The molecule has 0 saturated heterocycles. The van der Waals surface area contributed by atoms with E-state index >= 15 is 0 Å². The predicted molar refractivity (Wildman–Crippen MR) is 298 cm³/mol. The van der Waals surface area contributed by atoms with Crippen molar-refractivity contribution in [1.82, 2.24) is 0 Å². The number of rotatable bonds is 54. The second kappa shape index (κ2) is 57.7. The van der Waals surface area contributed by atoms with Crippen LogP contribution < -0.4 is 0 Å². The van der Waals surface area contributed by atoms with Crippen LogP contribution in [0.5, 0.6) is 0 Å². The Morgan fingerprint density at radius 1 is 0.304 bits per heavy atom. The standard InChI is InChI=1S/C63H112O6/c1-4-7-10-13-15-17-19-21-23-25-26-27-28-29-30-31-32-33-34-35-36-38-39-41-43-45-47-50-53-56-62(65)68-59-60(58-67-61(64)55-52-49-12-9-6-3)69-63(66)57-54-51-48-46-44-42-40-37-24-22-20-18-16-14-11-8-5-2/h7,10,15,17,21,23,26-27,29-30,60H,4-6,8-9,11-14,16,18-20,22,24-25,28,31-59H2,1-3H3/b10-7-,17-15-,23-21-,27-26-,30-29-. The molecule has 0 aromatic rings. The molecular weight excluding hydrogens is 853 g/mol. The van der Waals surface area contributed by atoms with Gasteiger partial charge in [-0.05, 0) is 64.2 Å². The molecule has 0 aliphatic rings. The maximum Gasteiger partial charge on any atom is 0.306 e. The first-order valence-corrected chi connectivity index (χ1v) is 29.8. The van der Waals surface area contributed by atoms with Crippen molar-refractivity contribution in [1.29, 1.82) is 0 Å². The van der Waals surface area contributed by atoms with Gasteiger partial charge in [-0.1, -0.05) is 281 Å². The highest BCUT2D eigenvalue weighted by atomic mass is 16.6. The number of unbranched alkanes of at least 4 members (excludes halogenated alkanes) is 33. The lowest BCUT2D eigenvalue weighted by atomic mass is 10.0. The van der Waals surface area contributed by atoms with Gasteiger partial charge in [0.15, 0.2) is 6.10 Å². The molecule has 69 heavy (non-hydrogen) atoms. The largest absolute Gasteiger partial charge is 0.462 e. The lowest BCUT2D eigenvalue weighted by Crippen LogP contribution is -2.30. The van der Waals surface area contributed by atoms with Crippen LogP contribution >= 0.6 is 0 Å². The summed E-state index contributed by atoms with van der Waals surface area (Å²) in [5.74, 6) is -0.872. The molecule has 400 valence electrons. The van der Waals surface area contributed by atoms with Crippen LogP contribution in [-0.4, -0.2) is 37.2 Å². The van der Waals surface area contributed by atoms with Crippen molar-refractivity contribution in [2.75, 3.05) is 13.2 Å². The number of allylic oxidation sites excluding steroid dienone is 10. The molecule has 0 saturated carbocycles. The summed E-state index contributed by atoms with van der Waals surface area (Å²) in [6.45, 7) is 6.48. The second-order valence-corrected chi connectivity index (χ2v) is 19.9. The van der Waals surface area contributed by atoms with Gasteiger partial charge in [0.2, 0.25) is 0 Å². The number of ether oxygens (including phenoxy) is 3. The highest BCUT2D eigenvalue weighted by Crippen LogP contribution is 2.17. The van der Waals surface area contributed by atoms with Gasteiger partial charge in [0, 0.05) is 19.3 Å². The summed E-state index contributed by atoms with van der Waals surface area (Å²) >= 11 is 0. The Labute approximate surface area is 428 Å². The van der Waals surface area contributed by atoms with Gasteiger partial charge >= 0.3 is 17.9 Å². The first kappa shape index (κ1) is 66.1. The summed E-state index contributed by atoms with van der Waals surface area (Å²) in [6.07, 6.45) is 72.7. The first-order chi connectivity index (χ1) is 34.0. The summed E-state index contributed by atoms with van der Waals surface area (Å²) in [5.41, 5.74) is 0. The molecule has 0 bridgehead atoms. The Kier molecular flexibility index (Phi) is 55.3. The number of hydrogen-bond donors (Lipinski definition) is 0. The van der Waals surface area contributed by atoms with E-state index in [-0.39, 0.29) is 31.1 Å². The van der Waals surface area contributed by atoms with E-state index in [1.54, 1.807) is 0 Å². The van der Waals surface area contributed by atoms with E-state index in [1.807, 2.05) is 0 Å². The molecule has 1 atom stereocenters. The Morgan fingerprint density at radius 3 is 0.884 bits per heavy atom. The van der Waals surface area contributed by atoms with E-state index in [2.05, 4.69) is 81.5 Å². The number of esters is 3. The lowest BCUT2D eigenvalue weighted by molar-refractivity contribution is -0.167. The maximum absolute atomic E-state index is 12.8. The normalized spacial score (nSPS) is 12.4. The number of carbonyl (C=O) groups excluding carboxylic acids is 3. The summed E-state index contributed by atoms with van der Waals surface area (Å²) in [4.78, 5) is 37.8. The molecule has 0 aliphatic carbocycles. The van der Waals surface area contributed by atoms with Crippen LogP contribution in [0.2, 0.25) is 0 Å². The number of hydrogen-bond acceptors (Lipinski definition) is 6. The average Bonchev–Trinajstić information content (AvgIpc) is 3.35. The smallest absolute Gasteiger partial charge is 0.306 e. The highest BCUT2D eigenvalue weighted by molar-refractivity contribution is 5.71. The van der Waals surface area contributed by atoms with Crippen molar-refractivity contribution in [2.45, 2.75) is 309 Å². The zero-order chi connectivity index (χ0) is 50.0. The van der Waals surface area contributed by atoms with E-state index in [0.717, 1.165) is 96.3 Å². The van der Waals surface area contributed by atoms with Crippen LogP contribution in [0.25, 0.3) is 0 Å². The minimum Gasteiger partial charge on any atom is -0.462 e. The Bertz CT molecular complexity index is 1250. The number of carbonyl (C=O) groups is 3. The average molecular weight is 966 g/mol. The van der Waals surface area contributed by atoms with Crippen molar-refractivity contribution in [3.63, 3.8) is 0 Å². The third-order valence-electron chi connectivity index (χ3n) is 13.0. The molecule has 6 nitrogen and oxygen atoms in total. The Morgan fingerprint density at radius 2 is 0.565 bits per heavy atom. The third kappa shape index (κ3) is 55.9. The highest BCUT2D eigenvalue weighted by Gasteiger charge is 2.19. The summed E-state index contributed by atoms with van der Waals surface area (Å²) in [6, 6.07) is 0. The zero-order valence-electron chi connectivity index (χ0n) is 45.8. The fourth-order valence-electron chi connectivity index (χ4n) is 8.59. The van der Waals surface area contributed by atoms with E-state index in [1.165, 1.54) is 167 Å². The SMILES string of the molecule is CC/C=C\C/C=C\C/C=C\C/C=C\C/C=C\CCCCCCCCCCCCCCCC(=O)OCC(COC(=O)CCCCCCC)OC(=O)CCCCCCCCCCCCCCCCCCC. The van der Waals surface area contributed by atoms with Gasteiger partial charge in [-0.25, -0.2) is 0 Å². The van der Waals surface area contributed by atoms with Crippen LogP contribution in [0.15, 0.2) is 60.8 Å². The summed E-state index contributed by atoms with van der Waals surface area (Å²) in [5, 5.41) is 0. The van der Waals surface area contributed by atoms with Crippen molar-refractivity contribution in [3.05, 3.63) is 60.8 Å². The van der Waals surface area contributed by atoms with Gasteiger partial charge in [-0.15, -0.1) is 0 Å². The maximum atomic E-state index is 12.8. The predicted octanol–water partition coefficient (Wildman–Crippen LogP) is 20.0. The molecule has 0 aromatic heterocycles. The van der Waals surface area contributed by atoms with Crippen LogP contribution in [0.4, 0.5) is 0 Å². The fourth-order valence-corrected chi connectivity index (χ4v) is 8.59. The molecule has 6 heteroatoms. The summed E-state index contributed by atoms with van der Waals surface area (Å²) in [7, 11) is 0. The molecule has 1 unspecified atom stereocenters.